The fourth-order valence-corrected chi connectivity index (χ4v) is 7.31. The molecule has 1 N–H and O–H groups in total. The highest BCUT2D eigenvalue weighted by atomic mass is 15.1. The van der Waals surface area contributed by atoms with E-state index in [1.54, 1.807) is 0 Å². The molecule has 0 amide bonds. The summed E-state index contributed by atoms with van der Waals surface area (Å²) in [6.07, 6.45) is 51.7. The van der Waals surface area contributed by atoms with E-state index in [0.717, 1.165) is 0 Å². The number of imidazole rings is 1. The van der Waals surface area contributed by atoms with Crippen LogP contribution in [0.2, 0.25) is 0 Å². The number of hydrogen-bond donors (Lipinski definition) is 1. The first kappa shape index (κ1) is 41.2. The third-order valence-electron chi connectivity index (χ3n) is 10.4. The number of aromatic amines is 1. The van der Waals surface area contributed by atoms with Gasteiger partial charge in [-0.25, -0.2) is 9.55 Å². The molecule has 2 heteroatoms. The molecule has 1 rings (SSSR count). The summed E-state index contributed by atoms with van der Waals surface area (Å²) < 4.78 is 2.64. The van der Waals surface area contributed by atoms with Gasteiger partial charge in [-0.15, -0.1) is 0 Å². The van der Waals surface area contributed by atoms with Gasteiger partial charge in [-0.3, -0.25) is 0 Å². The molecule has 0 bridgehead atoms. The van der Waals surface area contributed by atoms with Crippen LogP contribution in [-0.2, 0) is 0 Å². The molecule has 0 saturated heterocycles. The van der Waals surface area contributed by atoms with E-state index >= 15 is 0 Å². The Kier molecular flexibility index (Phi) is 30.1. The Morgan fingerprint density at radius 1 is 0.432 bits per heavy atom. The van der Waals surface area contributed by atoms with Gasteiger partial charge >= 0.3 is 0 Å². The van der Waals surface area contributed by atoms with Crippen molar-refractivity contribution < 1.29 is 4.57 Å². The van der Waals surface area contributed by atoms with Crippen molar-refractivity contribution >= 4 is 0 Å². The molecule has 0 saturated carbocycles. The quantitative estimate of drug-likeness (QED) is 0.0579. The number of rotatable bonds is 35. The maximum Gasteiger partial charge on any atom is 0.257 e. The third-order valence-corrected chi connectivity index (χ3v) is 10.4. The molecule has 0 spiro atoms. The molecule has 0 aromatic carbocycles. The lowest BCUT2D eigenvalue weighted by atomic mass is 9.93. The van der Waals surface area contributed by atoms with Gasteiger partial charge in [0.1, 0.15) is 12.4 Å². The highest BCUT2D eigenvalue weighted by molar-refractivity contribution is 4.90. The molecule has 1 aromatic heterocycles. The zero-order valence-electron chi connectivity index (χ0n) is 31.1. The molecular formula is C42H83N2+. The summed E-state index contributed by atoms with van der Waals surface area (Å²) in [5.41, 5.74) is 0. The zero-order chi connectivity index (χ0) is 31.8. The van der Waals surface area contributed by atoms with Crippen molar-refractivity contribution in [2.75, 3.05) is 0 Å². The molecule has 0 aliphatic rings. The molecule has 0 fully saturated rings. The second kappa shape index (κ2) is 32.2. The Bertz CT molecular complexity index is 679. The van der Waals surface area contributed by atoms with Crippen molar-refractivity contribution in [1.82, 2.24) is 4.98 Å². The lowest BCUT2D eigenvalue weighted by Gasteiger charge is -2.17. The van der Waals surface area contributed by atoms with Crippen molar-refractivity contribution in [2.45, 2.75) is 252 Å². The minimum absolute atomic E-state index is 0.619. The van der Waals surface area contributed by atoms with Gasteiger partial charge in [0.15, 0.2) is 0 Å². The van der Waals surface area contributed by atoms with Crippen LogP contribution < -0.4 is 4.57 Å². The molecule has 0 radical (unpaired) electrons. The smallest absolute Gasteiger partial charge is 0.247 e. The number of aromatic nitrogens is 2. The highest BCUT2D eigenvalue weighted by Crippen LogP contribution is 2.27. The van der Waals surface area contributed by atoms with Gasteiger partial charge in [0.2, 0.25) is 0 Å². The average Bonchev–Trinajstić information content (AvgIpc) is 3.52. The van der Waals surface area contributed by atoms with Crippen LogP contribution in [0.1, 0.15) is 257 Å². The van der Waals surface area contributed by atoms with Crippen LogP contribution in [0.15, 0.2) is 12.4 Å². The summed E-state index contributed by atoms with van der Waals surface area (Å²) in [5.74, 6) is 2.25. The largest absolute Gasteiger partial charge is 0.257 e. The van der Waals surface area contributed by atoms with Gasteiger partial charge in [0.25, 0.3) is 5.82 Å². The van der Waals surface area contributed by atoms with E-state index in [0.29, 0.717) is 12.0 Å². The topological polar surface area (TPSA) is 19.7 Å². The first-order valence-corrected chi connectivity index (χ1v) is 20.8. The van der Waals surface area contributed by atoms with Gasteiger partial charge in [-0.2, -0.15) is 0 Å². The minimum Gasteiger partial charge on any atom is -0.247 e. The third kappa shape index (κ3) is 23.5. The SMILES string of the molecule is CCCCCCCCCCCCCCCC(C)[n+]1cc[nH]c1C(CCCCCCC)CCCCCCCCCCCCCC. The van der Waals surface area contributed by atoms with E-state index in [1.165, 1.54) is 218 Å². The first-order chi connectivity index (χ1) is 21.7. The minimum atomic E-state index is 0.619. The van der Waals surface area contributed by atoms with E-state index in [4.69, 9.17) is 0 Å². The molecule has 44 heavy (non-hydrogen) atoms. The van der Waals surface area contributed by atoms with Crippen molar-refractivity contribution in [3.05, 3.63) is 18.2 Å². The van der Waals surface area contributed by atoms with Gasteiger partial charge in [-0.1, -0.05) is 207 Å². The highest BCUT2D eigenvalue weighted by Gasteiger charge is 2.25. The predicted octanol–water partition coefficient (Wildman–Crippen LogP) is 14.9. The molecule has 1 aromatic rings. The van der Waals surface area contributed by atoms with Crippen molar-refractivity contribution in [3.63, 3.8) is 0 Å². The summed E-state index contributed by atoms with van der Waals surface area (Å²) in [6.45, 7) is 9.43. The second-order valence-electron chi connectivity index (χ2n) is 14.7. The van der Waals surface area contributed by atoms with E-state index < -0.39 is 0 Å². The Balaban J connectivity index is 2.31. The Morgan fingerprint density at radius 2 is 0.727 bits per heavy atom. The standard InChI is InChI=1S/C42H82N2/c1-5-8-11-14-16-18-20-22-23-25-27-30-32-35-40(4)44-39-38-43-42(44)41(36-33-29-13-10-7-3)37-34-31-28-26-24-21-19-17-15-12-9-6-2/h38-41H,5-37H2,1-4H3/p+1. The molecule has 1 heterocycles. The number of unbranched alkanes of at least 4 members (excludes halogenated alkanes) is 27. The van der Waals surface area contributed by atoms with Crippen molar-refractivity contribution in [1.29, 1.82) is 0 Å². The van der Waals surface area contributed by atoms with Gasteiger partial charge < -0.3 is 0 Å². The number of nitrogens with zero attached hydrogens (tertiary/aromatic N) is 1. The number of nitrogens with one attached hydrogen (secondary N) is 1. The summed E-state index contributed by atoms with van der Waals surface area (Å²) in [5, 5.41) is 0. The van der Waals surface area contributed by atoms with Gasteiger partial charge in [0.05, 0.1) is 12.0 Å². The van der Waals surface area contributed by atoms with Gasteiger partial charge in [0, 0.05) is 0 Å². The van der Waals surface area contributed by atoms with Gasteiger partial charge in [-0.05, 0) is 32.6 Å². The normalized spacial score (nSPS) is 13.1. The van der Waals surface area contributed by atoms with Crippen molar-refractivity contribution in [2.24, 2.45) is 0 Å². The lowest BCUT2D eigenvalue weighted by Crippen LogP contribution is -2.41. The molecule has 260 valence electrons. The van der Waals surface area contributed by atoms with Crippen LogP contribution in [-0.4, -0.2) is 4.98 Å². The van der Waals surface area contributed by atoms with Crippen LogP contribution in [0.25, 0.3) is 0 Å². The monoisotopic (exact) mass is 616 g/mol. The zero-order valence-corrected chi connectivity index (χ0v) is 31.1. The van der Waals surface area contributed by atoms with E-state index in [-0.39, 0.29) is 0 Å². The van der Waals surface area contributed by atoms with Crippen LogP contribution in [0.3, 0.4) is 0 Å². The number of hydrogen-bond acceptors (Lipinski definition) is 0. The Morgan fingerprint density at radius 3 is 1.07 bits per heavy atom. The summed E-state index contributed by atoms with van der Waals surface area (Å²) in [6, 6.07) is 0.619. The summed E-state index contributed by atoms with van der Waals surface area (Å²) in [7, 11) is 0. The fraction of sp³-hybridized carbons (Fsp3) is 0.929. The summed E-state index contributed by atoms with van der Waals surface area (Å²) in [4.78, 5) is 3.74. The average molecular weight is 616 g/mol. The maximum atomic E-state index is 3.74. The molecule has 2 nitrogen and oxygen atoms in total. The molecule has 2 atom stereocenters. The van der Waals surface area contributed by atoms with Crippen LogP contribution in [0.5, 0.6) is 0 Å². The van der Waals surface area contributed by atoms with E-state index in [9.17, 15) is 0 Å². The Labute approximate surface area is 278 Å². The second-order valence-corrected chi connectivity index (χ2v) is 14.7. The maximum absolute atomic E-state index is 3.74. The van der Waals surface area contributed by atoms with Crippen LogP contribution >= 0.6 is 0 Å². The van der Waals surface area contributed by atoms with Crippen molar-refractivity contribution in [3.8, 4) is 0 Å². The predicted molar refractivity (Wildman–Crippen MR) is 198 cm³/mol. The van der Waals surface area contributed by atoms with Crippen LogP contribution in [0.4, 0.5) is 0 Å². The first-order valence-electron chi connectivity index (χ1n) is 20.8. The van der Waals surface area contributed by atoms with E-state index in [1.807, 2.05) is 0 Å². The Hall–Kier alpha value is -0.790. The molecule has 2 unspecified atom stereocenters. The lowest BCUT2D eigenvalue weighted by molar-refractivity contribution is -0.727. The van der Waals surface area contributed by atoms with E-state index in [2.05, 4.69) is 49.6 Å². The molecule has 0 aliphatic heterocycles. The number of H-pyrrole nitrogens is 1. The fourth-order valence-electron chi connectivity index (χ4n) is 7.31. The molecular weight excluding hydrogens is 532 g/mol. The molecule has 0 aliphatic carbocycles. The van der Waals surface area contributed by atoms with Crippen LogP contribution in [0, 0.1) is 0 Å². The summed E-state index contributed by atoms with van der Waals surface area (Å²) >= 11 is 0.